The number of benzene rings is 3. The Balaban J connectivity index is 1.58. The van der Waals surface area contributed by atoms with Gasteiger partial charge in [0.1, 0.15) is 11.6 Å². The highest BCUT2D eigenvalue weighted by atomic mass is 32.2. The number of thioether (sulfide) groups is 1. The van der Waals surface area contributed by atoms with Crippen molar-refractivity contribution >= 4 is 29.3 Å². The van der Waals surface area contributed by atoms with Gasteiger partial charge >= 0.3 is 0 Å². The summed E-state index contributed by atoms with van der Waals surface area (Å²) in [6.07, 6.45) is 0. The van der Waals surface area contributed by atoms with Gasteiger partial charge < -0.3 is 14.5 Å². The van der Waals surface area contributed by atoms with E-state index in [1.165, 1.54) is 36.0 Å². The first-order valence-electron chi connectivity index (χ1n) is 10.7. The molecular weight excluding hydrogens is 439 g/mol. The minimum absolute atomic E-state index is 0.135. The summed E-state index contributed by atoms with van der Waals surface area (Å²) in [5.41, 5.74) is 3.95. The Hall–Kier alpha value is -3.32. The molecule has 168 valence electrons. The molecule has 5 nitrogen and oxygen atoms in total. The zero-order valence-corrected chi connectivity index (χ0v) is 19.2. The highest BCUT2D eigenvalue weighted by Crippen LogP contribution is 2.55. The van der Waals surface area contributed by atoms with Gasteiger partial charge in [-0.25, -0.2) is 4.39 Å². The molecule has 2 heterocycles. The lowest BCUT2D eigenvalue weighted by atomic mass is 10.0. The minimum atomic E-state index is -1.13. The second-order valence-corrected chi connectivity index (χ2v) is 9.51. The van der Waals surface area contributed by atoms with Gasteiger partial charge in [0.15, 0.2) is 4.87 Å². The van der Waals surface area contributed by atoms with E-state index in [1.807, 2.05) is 49.4 Å². The maximum atomic E-state index is 14.1. The standard InChI is InChI=1S/C26H23FN2O3S/c1-17-6-11-23-22(14-17)26(25(31)28(23)16-18-4-3-5-21(15-18)32-2)29(12-13-33-26)24(30)19-7-9-20(27)10-8-19/h3-11,14-15H,12-13,16H2,1-2H3/t26-/m1/s1. The molecule has 0 unspecified atom stereocenters. The molecule has 1 saturated heterocycles. The topological polar surface area (TPSA) is 49.9 Å². The van der Waals surface area contributed by atoms with Crippen molar-refractivity contribution in [3.05, 3.63) is 94.8 Å². The summed E-state index contributed by atoms with van der Waals surface area (Å²) in [5, 5.41) is 0. The lowest BCUT2D eigenvalue weighted by molar-refractivity contribution is -0.123. The molecule has 2 amide bonds. The molecule has 1 fully saturated rings. The fourth-order valence-electron chi connectivity index (χ4n) is 4.59. The summed E-state index contributed by atoms with van der Waals surface area (Å²) < 4.78 is 18.8. The summed E-state index contributed by atoms with van der Waals surface area (Å²) in [6.45, 7) is 2.79. The lowest BCUT2D eigenvalue weighted by Crippen LogP contribution is -2.50. The molecule has 0 N–H and O–H groups in total. The minimum Gasteiger partial charge on any atom is -0.497 e. The summed E-state index contributed by atoms with van der Waals surface area (Å²) in [5.74, 6) is 0.549. The van der Waals surface area contributed by atoms with E-state index in [2.05, 4.69) is 0 Å². The Labute approximate surface area is 196 Å². The largest absolute Gasteiger partial charge is 0.497 e. The van der Waals surface area contributed by atoms with E-state index in [4.69, 9.17) is 4.74 Å². The molecule has 0 saturated carbocycles. The van der Waals surface area contributed by atoms with Gasteiger partial charge in [-0.3, -0.25) is 9.59 Å². The van der Waals surface area contributed by atoms with Crippen LogP contribution in [0.25, 0.3) is 0 Å². The third kappa shape index (κ3) is 3.47. The molecule has 2 aliphatic heterocycles. The van der Waals surface area contributed by atoms with Crippen LogP contribution in [0.3, 0.4) is 0 Å². The number of anilines is 1. The number of aryl methyl sites for hydroxylation is 1. The molecule has 0 bridgehead atoms. The van der Waals surface area contributed by atoms with Crippen LogP contribution in [0.15, 0.2) is 66.7 Å². The average molecular weight is 463 g/mol. The predicted octanol–water partition coefficient (Wildman–Crippen LogP) is 4.73. The van der Waals surface area contributed by atoms with Crippen LogP contribution in [0.1, 0.15) is 27.0 Å². The van der Waals surface area contributed by atoms with Crippen molar-refractivity contribution in [2.45, 2.75) is 18.3 Å². The van der Waals surface area contributed by atoms with Crippen LogP contribution in [-0.4, -0.2) is 36.1 Å². The monoisotopic (exact) mass is 462 g/mol. The number of hydrogen-bond acceptors (Lipinski definition) is 4. The molecule has 0 radical (unpaired) electrons. The van der Waals surface area contributed by atoms with Crippen molar-refractivity contribution in [3.63, 3.8) is 0 Å². The van der Waals surface area contributed by atoms with E-state index in [1.54, 1.807) is 16.9 Å². The molecule has 1 atom stereocenters. The number of carbonyl (C=O) groups excluding carboxylic acids is 2. The van der Waals surface area contributed by atoms with Gasteiger partial charge in [-0.15, -0.1) is 11.8 Å². The predicted molar refractivity (Wildman–Crippen MR) is 127 cm³/mol. The van der Waals surface area contributed by atoms with E-state index in [0.29, 0.717) is 24.4 Å². The van der Waals surface area contributed by atoms with Crippen LogP contribution >= 0.6 is 11.8 Å². The van der Waals surface area contributed by atoms with Crippen LogP contribution in [0.4, 0.5) is 10.1 Å². The summed E-state index contributed by atoms with van der Waals surface area (Å²) >= 11 is 1.48. The number of nitrogens with zero attached hydrogens (tertiary/aromatic N) is 2. The SMILES string of the molecule is COc1cccc(CN2C(=O)[C@]3(SCCN3C(=O)c3ccc(F)cc3)c3cc(C)ccc32)c1. The summed E-state index contributed by atoms with van der Waals surface area (Å²) in [4.78, 5) is 29.9. The molecule has 5 rings (SSSR count). The Morgan fingerprint density at radius 2 is 1.91 bits per heavy atom. The van der Waals surface area contributed by atoms with Gasteiger partial charge in [-0.2, -0.15) is 0 Å². The van der Waals surface area contributed by atoms with Gasteiger partial charge in [0.05, 0.1) is 19.3 Å². The fraction of sp³-hybridized carbons (Fsp3) is 0.231. The van der Waals surface area contributed by atoms with Crippen LogP contribution < -0.4 is 9.64 Å². The number of carbonyl (C=O) groups is 2. The maximum Gasteiger partial charge on any atom is 0.268 e. The molecule has 3 aromatic carbocycles. The van der Waals surface area contributed by atoms with Crippen LogP contribution in [-0.2, 0) is 16.2 Å². The second kappa shape index (κ2) is 8.23. The van der Waals surface area contributed by atoms with Crippen molar-refractivity contribution in [3.8, 4) is 5.75 Å². The number of hydrogen-bond donors (Lipinski definition) is 0. The second-order valence-electron chi connectivity index (χ2n) is 8.22. The number of fused-ring (bicyclic) bond motifs is 2. The van der Waals surface area contributed by atoms with Gasteiger partial charge in [-0.05, 0) is 55.0 Å². The van der Waals surface area contributed by atoms with Gasteiger partial charge in [0.25, 0.3) is 11.8 Å². The van der Waals surface area contributed by atoms with Crippen molar-refractivity contribution in [1.29, 1.82) is 0 Å². The highest BCUT2D eigenvalue weighted by Gasteiger charge is 2.59. The van der Waals surface area contributed by atoms with Crippen molar-refractivity contribution in [2.75, 3.05) is 24.3 Å². The molecule has 1 spiro atoms. The number of amides is 2. The average Bonchev–Trinajstić information content (AvgIpc) is 3.36. The molecule has 2 aliphatic rings. The summed E-state index contributed by atoms with van der Waals surface area (Å²) in [7, 11) is 1.61. The summed E-state index contributed by atoms with van der Waals surface area (Å²) in [6, 6.07) is 19.1. The van der Waals surface area contributed by atoms with E-state index < -0.39 is 10.7 Å². The third-order valence-electron chi connectivity index (χ3n) is 6.16. The highest BCUT2D eigenvalue weighted by molar-refractivity contribution is 8.01. The smallest absolute Gasteiger partial charge is 0.268 e. The van der Waals surface area contributed by atoms with Crippen LogP contribution in [0.2, 0.25) is 0 Å². The fourth-order valence-corrected chi connectivity index (χ4v) is 6.04. The molecule has 0 aromatic heterocycles. The van der Waals surface area contributed by atoms with Gasteiger partial charge in [0.2, 0.25) is 0 Å². The lowest BCUT2D eigenvalue weighted by Gasteiger charge is -2.33. The van der Waals surface area contributed by atoms with Crippen LogP contribution in [0, 0.1) is 12.7 Å². The molecule has 33 heavy (non-hydrogen) atoms. The quantitative estimate of drug-likeness (QED) is 0.563. The molecular formula is C26H23FN2O3S. The van der Waals surface area contributed by atoms with Crippen molar-refractivity contribution in [2.24, 2.45) is 0 Å². The van der Waals surface area contributed by atoms with E-state index in [9.17, 15) is 14.0 Å². The van der Waals surface area contributed by atoms with Gasteiger partial charge in [-0.1, -0.05) is 29.8 Å². The Morgan fingerprint density at radius 3 is 2.67 bits per heavy atom. The third-order valence-corrected chi connectivity index (χ3v) is 7.58. The van der Waals surface area contributed by atoms with Crippen molar-refractivity contribution < 1.29 is 18.7 Å². The number of rotatable bonds is 4. The van der Waals surface area contributed by atoms with E-state index in [-0.39, 0.29) is 11.8 Å². The normalized spacial score (nSPS) is 19.3. The number of methoxy groups -OCH3 is 1. The zero-order chi connectivity index (χ0) is 23.2. The Kier molecular flexibility index (Phi) is 5.37. The zero-order valence-electron chi connectivity index (χ0n) is 18.4. The van der Waals surface area contributed by atoms with E-state index in [0.717, 1.165) is 28.1 Å². The Bertz CT molecular complexity index is 1250. The molecule has 0 aliphatic carbocycles. The first-order valence-corrected chi connectivity index (χ1v) is 11.7. The number of halogens is 1. The van der Waals surface area contributed by atoms with Crippen LogP contribution in [0.5, 0.6) is 5.75 Å². The van der Waals surface area contributed by atoms with Crippen molar-refractivity contribution in [1.82, 2.24) is 4.90 Å². The molecule has 7 heteroatoms. The number of ether oxygens (including phenoxy) is 1. The first-order chi connectivity index (χ1) is 15.9. The van der Waals surface area contributed by atoms with Gasteiger partial charge in [0, 0.05) is 23.4 Å². The van der Waals surface area contributed by atoms with E-state index >= 15 is 0 Å². The maximum absolute atomic E-state index is 14.1. The first kappa shape index (κ1) is 21.5. The molecule has 3 aromatic rings. The Morgan fingerprint density at radius 1 is 1.12 bits per heavy atom.